The predicted octanol–water partition coefficient (Wildman–Crippen LogP) is 2.91. The van der Waals surface area contributed by atoms with Gasteiger partial charge in [0, 0.05) is 5.56 Å². The molecule has 0 unspecified atom stereocenters. The number of nitrogen functional groups attached to an aromatic ring is 1. The molecule has 0 aliphatic rings. The summed E-state index contributed by atoms with van der Waals surface area (Å²) >= 11 is 11.8. The third-order valence-corrected chi connectivity index (χ3v) is 3.00. The van der Waals surface area contributed by atoms with Crippen molar-refractivity contribution in [2.45, 2.75) is 0 Å². The van der Waals surface area contributed by atoms with E-state index in [4.69, 9.17) is 38.9 Å². The van der Waals surface area contributed by atoms with Crippen LogP contribution in [0.5, 0.6) is 5.75 Å². The van der Waals surface area contributed by atoms with Gasteiger partial charge in [-0.2, -0.15) is 10.2 Å². The number of nitriles is 1. The fourth-order valence-electron chi connectivity index (χ4n) is 1.56. The topological polar surface area (TPSA) is 84.8 Å². The first-order valence-electron chi connectivity index (χ1n) is 5.14. The second kappa shape index (κ2) is 5.31. The fraction of sp³-hybridized carbons (Fsp3) is 0.0833. The van der Waals surface area contributed by atoms with Crippen LogP contribution >= 0.6 is 23.2 Å². The summed E-state index contributed by atoms with van der Waals surface area (Å²) < 4.78 is 5.12. The lowest BCUT2D eigenvalue weighted by Crippen LogP contribution is -2.00. The molecule has 0 aliphatic carbocycles. The standard InChI is InChI=1S/C12H8Cl2N4O/c1-19-9-4-6(2-3-8(9)13)10-7(5-15)11(14)18-12(16)17-10/h2-4H,1H3,(H2,16,17,18). The zero-order valence-electron chi connectivity index (χ0n) is 9.82. The Labute approximate surface area is 119 Å². The Morgan fingerprint density at radius 1 is 1.32 bits per heavy atom. The van der Waals surface area contributed by atoms with Crippen LogP contribution in [0.15, 0.2) is 18.2 Å². The fourth-order valence-corrected chi connectivity index (χ4v) is 1.98. The second-order valence-electron chi connectivity index (χ2n) is 3.56. The SMILES string of the molecule is COc1cc(-c2nc(N)nc(Cl)c2C#N)ccc1Cl. The predicted molar refractivity (Wildman–Crippen MR) is 73.2 cm³/mol. The van der Waals surface area contributed by atoms with Crippen LogP contribution in [0, 0.1) is 11.3 Å². The molecule has 19 heavy (non-hydrogen) atoms. The van der Waals surface area contributed by atoms with Gasteiger partial charge in [-0.3, -0.25) is 0 Å². The highest BCUT2D eigenvalue weighted by Gasteiger charge is 2.15. The van der Waals surface area contributed by atoms with Crippen molar-refractivity contribution in [1.82, 2.24) is 9.97 Å². The number of rotatable bonds is 2. The minimum atomic E-state index is -0.00656. The van der Waals surface area contributed by atoms with E-state index in [1.807, 2.05) is 6.07 Å². The van der Waals surface area contributed by atoms with Crippen LogP contribution in [0.25, 0.3) is 11.3 Å². The molecule has 0 bridgehead atoms. The molecule has 1 heterocycles. The summed E-state index contributed by atoms with van der Waals surface area (Å²) in [6.07, 6.45) is 0. The molecule has 0 spiro atoms. The number of nitrogens with zero attached hydrogens (tertiary/aromatic N) is 3. The first-order chi connectivity index (χ1) is 9.06. The minimum Gasteiger partial charge on any atom is -0.495 e. The Balaban J connectivity index is 2.68. The molecule has 0 amide bonds. The van der Waals surface area contributed by atoms with Crippen molar-refractivity contribution in [3.05, 3.63) is 33.9 Å². The summed E-state index contributed by atoms with van der Waals surface area (Å²) in [6, 6.07) is 6.95. The molecule has 0 fully saturated rings. The van der Waals surface area contributed by atoms with E-state index in [2.05, 4.69) is 9.97 Å². The van der Waals surface area contributed by atoms with Gasteiger partial charge in [-0.15, -0.1) is 0 Å². The van der Waals surface area contributed by atoms with E-state index in [-0.39, 0.29) is 16.7 Å². The Morgan fingerprint density at radius 2 is 2.05 bits per heavy atom. The maximum atomic E-state index is 9.12. The molecule has 0 aliphatic heterocycles. The van der Waals surface area contributed by atoms with Crippen molar-refractivity contribution in [3.8, 4) is 23.1 Å². The monoisotopic (exact) mass is 294 g/mol. The molecule has 5 nitrogen and oxygen atoms in total. The number of aromatic nitrogens is 2. The van der Waals surface area contributed by atoms with Crippen LogP contribution in [-0.4, -0.2) is 17.1 Å². The maximum Gasteiger partial charge on any atom is 0.222 e. The third-order valence-electron chi connectivity index (χ3n) is 2.42. The molecule has 0 atom stereocenters. The number of hydrogen-bond donors (Lipinski definition) is 1. The van der Waals surface area contributed by atoms with Gasteiger partial charge in [0.25, 0.3) is 0 Å². The molecule has 2 N–H and O–H groups in total. The van der Waals surface area contributed by atoms with E-state index in [0.29, 0.717) is 22.0 Å². The van der Waals surface area contributed by atoms with E-state index in [1.165, 1.54) is 7.11 Å². The zero-order valence-corrected chi connectivity index (χ0v) is 11.3. The van der Waals surface area contributed by atoms with E-state index >= 15 is 0 Å². The Kier molecular flexibility index (Phi) is 3.74. The highest BCUT2D eigenvalue weighted by atomic mass is 35.5. The normalized spacial score (nSPS) is 10.0. The molecule has 0 radical (unpaired) electrons. The first kappa shape index (κ1) is 13.4. The maximum absolute atomic E-state index is 9.12. The van der Waals surface area contributed by atoms with Crippen molar-refractivity contribution < 1.29 is 4.74 Å². The molecule has 96 valence electrons. The van der Waals surface area contributed by atoms with Gasteiger partial charge < -0.3 is 10.5 Å². The van der Waals surface area contributed by atoms with Crippen molar-refractivity contribution >= 4 is 29.2 Å². The number of methoxy groups -OCH3 is 1. The van der Waals surface area contributed by atoms with Gasteiger partial charge in [-0.1, -0.05) is 29.3 Å². The van der Waals surface area contributed by atoms with Gasteiger partial charge in [0.05, 0.1) is 17.8 Å². The van der Waals surface area contributed by atoms with Crippen LogP contribution in [0.2, 0.25) is 10.2 Å². The minimum absolute atomic E-state index is 0.00656. The van der Waals surface area contributed by atoms with Gasteiger partial charge in [-0.25, -0.2) is 4.98 Å². The number of nitrogens with two attached hydrogens (primary N) is 1. The van der Waals surface area contributed by atoms with Gasteiger partial charge >= 0.3 is 0 Å². The van der Waals surface area contributed by atoms with E-state index in [9.17, 15) is 0 Å². The van der Waals surface area contributed by atoms with Crippen LogP contribution in [0.3, 0.4) is 0 Å². The number of halogens is 2. The molecule has 0 saturated heterocycles. The van der Waals surface area contributed by atoms with Gasteiger partial charge in [0.1, 0.15) is 17.4 Å². The molecular formula is C12H8Cl2N4O. The average molecular weight is 295 g/mol. The molecule has 0 saturated carbocycles. The lowest BCUT2D eigenvalue weighted by molar-refractivity contribution is 0.415. The van der Waals surface area contributed by atoms with Gasteiger partial charge in [0.2, 0.25) is 5.95 Å². The lowest BCUT2D eigenvalue weighted by atomic mass is 10.1. The molecule has 7 heteroatoms. The molecule has 2 rings (SSSR count). The number of hydrogen-bond acceptors (Lipinski definition) is 5. The Morgan fingerprint density at radius 3 is 2.68 bits per heavy atom. The molecular weight excluding hydrogens is 287 g/mol. The molecule has 1 aromatic carbocycles. The third kappa shape index (κ3) is 2.55. The Hall–Kier alpha value is -2.03. The van der Waals surface area contributed by atoms with Crippen LogP contribution in [0.1, 0.15) is 5.56 Å². The highest BCUT2D eigenvalue weighted by molar-refractivity contribution is 6.32. The average Bonchev–Trinajstić information content (AvgIpc) is 2.38. The Bertz CT molecular complexity index is 682. The summed E-state index contributed by atoms with van der Waals surface area (Å²) in [4.78, 5) is 7.78. The van der Waals surface area contributed by atoms with Crippen LogP contribution < -0.4 is 10.5 Å². The van der Waals surface area contributed by atoms with E-state index in [0.717, 1.165) is 0 Å². The summed E-state index contributed by atoms with van der Waals surface area (Å²) in [5.74, 6) is 0.462. The first-order valence-corrected chi connectivity index (χ1v) is 5.89. The highest BCUT2D eigenvalue weighted by Crippen LogP contribution is 2.32. The van der Waals surface area contributed by atoms with Crippen molar-refractivity contribution in [2.24, 2.45) is 0 Å². The number of benzene rings is 1. The van der Waals surface area contributed by atoms with Gasteiger partial charge in [0.15, 0.2) is 5.15 Å². The molecule has 2 aromatic rings. The lowest BCUT2D eigenvalue weighted by Gasteiger charge is -2.08. The summed E-state index contributed by atoms with van der Waals surface area (Å²) in [5.41, 5.74) is 6.66. The second-order valence-corrected chi connectivity index (χ2v) is 4.32. The quantitative estimate of drug-likeness (QED) is 0.861. The van der Waals surface area contributed by atoms with E-state index < -0.39 is 0 Å². The number of anilines is 1. The van der Waals surface area contributed by atoms with Crippen molar-refractivity contribution in [2.75, 3.05) is 12.8 Å². The van der Waals surface area contributed by atoms with Crippen molar-refractivity contribution in [3.63, 3.8) is 0 Å². The van der Waals surface area contributed by atoms with Crippen LogP contribution in [0.4, 0.5) is 5.95 Å². The van der Waals surface area contributed by atoms with Crippen LogP contribution in [-0.2, 0) is 0 Å². The summed E-state index contributed by atoms with van der Waals surface area (Å²) in [5, 5.41) is 9.59. The molecule has 1 aromatic heterocycles. The van der Waals surface area contributed by atoms with Crippen molar-refractivity contribution in [1.29, 1.82) is 5.26 Å². The summed E-state index contributed by atoms with van der Waals surface area (Å²) in [6.45, 7) is 0. The summed E-state index contributed by atoms with van der Waals surface area (Å²) in [7, 11) is 1.50. The van der Waals surface area contributed by atoms with E-state index in [1.54, 1.807) is 18.2 Å². The smallest absolute Gasteiger partial charge is 0.222 e. The zero-order chi connectivity index (χ0) is 14.0. The van der Waals surface area contributed by atoms with Gasteiger partial charge in [-0.05, 0) is 12.1 Å². The largest absolute Gasteiger partial charge is 0.495 e. The number of ether oxygens (including phenoxy) is 1.